The quantitative estimate of drug-likeness (QED) is 0.268. The highest BCUT2D eigenvalue weighted by Gasteiger charge is 2.22. The van der Waals surface area contributed by atoms with Gasteiger partial charge in [-0.25, -0.2) is 4.98 Å². The van der Waals surface area contributed by atoms with Gasteiger partial charge in [0.1, 0.15) is 27.5 Å². The maximum absolute atomic E-state index is 13.2. The summed E-state index contributed by atoms with van der Waals surface area (Å²) in [7, 11) is 8.91. The molecule has 0 aliphatic carbocycles. The lowest BCUT2D eigenvalue weighted by Crippen LogP contribution is -2.36. The molecule has 0 spiro atoms. The monoisotopic (exact) mass is 489 g/mol. The highest BCUT2D eigenvalue weighted by molar-refractivity contribution is 7.99. The van der Waals surface area contributed by atoms with Crippen molar-refractivity contribution in [2.75, 3.05) is 59.2 Å². The number of amides is 1. The zero-order valence-corrected chi connectivity index (χ0v) is 21.4. The summed E-state index contributed by atoms with van der Waals surface area (Å²) in [6.45, 7) is 1.32. The predicted molar refractivity (Wildman–Crippen MR) is 137 cm³/mol. The number of anilines is 1. The second-order valence-corrected chi connectivity index (χ2v) is 9.77. The Morgan fingerprint density at radius 1 is 0.970 bits per heavy atom. The lowest BCUT2D eigenvalue weighted by Gasteiger charge is -2.22. The lowest BCUT2D eigenvalue weighted by atomic mass is 10.3. The number of carbonyl (C=O) groups excluding carboxylic acids is 1. The fourth-order valence-electron chi connectivity index (χ4n) is 3.24. The van der Waals surface area contributed by atoms with Crippen LogP contribution >= 0.6 is 23.1 Å². The number of nitrogens with zero attached hydrogens (tertiary/aromatic N) is 3. The van der Waals surface area contributed by atoms with Gasteiger partial charge in [-0.15, -0.1) is 11.8 Å². The van der Waals surface area contributed by atoms with Gasteiger partial charge < -0.3 is 19.1 Å². The molecule has 0 aliphatic heterocycles. The van der Waals surface area contributed by atoms with Gasteiger partial charge in [0.05, 0.1) is 21.3 Å². The Kier molecular flexibility index (Phi) is 9.22. The molecule has 1 aromatic heterocycles. The summed E-state index contributed by atoms with van der Waals surface area (Å²) in [5.74, 6) is 3.18. The maximum atomic E-state index is 13.2. The minimum Gasteiger partial charge on any atom is -0.497 e. The van der Waals surface area contributed by atoms with Crippen LogP contribution in [0.25, 0.3) is 10.2 Å². The SMILES string of the molecule is COc1ccc(SCCCC(=O)N(CCN(C)C)c2nc3c(OC)ccc(OC)c3s2)cc1. The van der Waals surface area contributed by atoms with Gasteiger partial charge in [0.25, 0.3) is 0 Å². The Morgan fingerprint density at radius 2 is 1.67 bits per heavy atom. The summed E-state index contributed by atoms with van der Waals surface area (Å²) in [5, 5.41) is 0.669. The van der Waals surface area contributed by atoms with Gasteiger partial charge in [0.2, 0.25) is 5.91 Å². The number of hydrogen-bond donors (Lipinski definition) is 0. The number of carbonyl (C=O) groups is 1. The second kappa shape index (κ2) is 12.1. The van der Waals surface area contributed by atoms with E-state index < -0.39 is 0 Å². The molecule has 1 amide bonds. The van der Waals surface area contributed by atoms with Crippen molar-refractivity contribution in [3.05, 3.63) is 36.4 Å². The first-order chi connectivity index (χ1) is 16.0. The van der Waals surface area contributed by atoms with Crippen molar-refractivity contribution in [3.8, 4) is 17.2 Å². The molecule has 0 aliphatic rings. The van der Waals surface area contributed by atoms with E-state index in [9.17, 15) is 4.79 Å². The molecule has 0 saturated heterocycles. The highest BCUT2D eigenvalue weighted by Crippen LogP contribution is 2.40. The lowest BCUT2D eigenvalue weighted by molar-refractivity contribution is -0.118. The molecule has 178 valence electrons. The number of hydrogen-bond acceptors (Lipinski definition) is 8. The molecule has 3 rings (SSSR count). The maximum Gasteiger partial charge on any atom is 0.228 e. The van der Waals surface area contributed by atoms with Crippen molar-refractivity contribution in [1.82, 2.24) is 9.88 Å². The number of fused-ring (bicyclic) bond motifs is 1. The summed E-state index contributed by atoms with van der Waals surface area (Å²) < 4.78 is 17.1. The number of aromatic nitrogens is 1. The number of likely N-dealkylation sites (N-methyl/N-ethyl adjacent to an activating group) is 1. The number of benzene rings is 2. The van der Waals surface area contributed by atoms with Gasteiger partial charge in [0.15, 0.2) is 5.13 Å². The molecule has 0 radical (unpaired) electrons. The molecule has 0 unspecified atom stereocenters. The molecule has 2 aromatic carbocycles. The third-order valence-electron chi connectivity index (χ3n) is 5.06. The van der Waals surface area contributed by atoms with Gasteiger partial charge in [-0.05, 0) is 62.7 Å². The summed E-state index contributed by atoms with van der Waals surface area (Å²) in [5.41, 5.74) is 0.717. The van der Waals surface area contributed by atoms with Crippen LogP contribution in [0.2, 0.25) is 0 Å². The molecule has 0 atom stereocenters. The topological polar surface area (TPSA) is 64.1 Å². The minimum absolute atomic E-state index is 0.0733. The molecule has 3 aromatic rings. The van der Waals surface area contributed by atoms with Crippen LogP contribution in [-0.2, 0) is 4.79 Å². The molecule has 1 heterocycles. The van der Waals surface area contributed by atoms with E-state index in [0.717, 1.165) is 45.3 Å². The third kappa shape index (κ3) is 6.52. The number of ether oxygens (including phenoxy) is 3. The van der Waals surface area contributed by atoms with Crippen molar-refractivity contribution in [1.29, 1.82) is 0 Å². The first-order valence-corrected chi connectivity index (χ1v) is 12.5. The van der Waals surface area contributed by atoms with Crippen LogP contribution in [0.15, 0.2) is 41.3 Å². The van der Waals surface area contributed by atoms with Crippen molar-refractivity contribution in [2.45, 2.75) is 17.7 Å². The first-order valence-electron chi connectivity index (χ1n) is 10.7. The van der Waals surface area contributed by atoms with E-state index in [2.05, 4.69) is 4.90 Å². The second-order valence-electron chi connectivity index (χ2n) is 7.62. The molecule has 0 fully saturated rings. The molecule has 7 nitrogen and oxygen atoms in total. The van der Waals surface area contributed by atoms with Crippen LogP contribution in [0.5, 0.6) is 17.2 Å². The van der Waals surface area contributed by atoms with Crippen LogP contribution in [0.3, 0.4) is 0 Å². The van der Waals surface area contributed by atoms with E-state index in [1.807, 2.05) is 50.5 Å². The van der Waals surface area contributed by atoms with Gasteiger partial charge in [-0.1, -0.05) is 11.3 Å². The highest BCUT2D eigenvalue weighted by atomic mass is 32.2. The number of methoxy groups -OCH3 is 3. The van der Waals surface area contributed by atoms with E-state index in [4.69, 9.17) is 19.2 Å². The average Bonchev–Trinajstić information content (AvgIpc) is 3.26. The first kappa shape index (κ1) is 25.1. The molecule has 9 heteroatoms. The Balaban J connectivity index is 1.71. The van der Waals surface area contributed by atoms with Gasteiger partial charge in [0, 0.05) is 24.4 Å². The molecular formula is C24H31N3O4S2. The summed E-state index contributed by atoms with van der Waals surface area (Å²) in [6.07, 6.45) is 1.24. The van der Waals surface area contributed by atoms with Crippen LogP contribution in [0.1, 0.15) is 12.8 Å². The number of rotatable bonds is 12. The average molecular weight is 490 g/mol. The van der Waals surface area contributed by atoms with Gasteiger partial charge in [-0.2, -0.15) is 0 Å². The Hall–Kier alpha value is -2.49. The fourth-order valence-corrected chi connectivity index (χ4v) is 5.21. The van der Waals surface area contributed by atoms with Crippen LogP contribution in [0, 0.1) is 0 Å². The number of thioether (sulfide) groups is 1. The summed E-state index contributed by atoms with van der Waals surface area (Å²) >= 11 is 3.20. The van der Waals surface area contributed by atoms with Gasteiger partial charge in [-0.3, -0.25) is 9.69 Å². The van der Waals surface area contributed by atoms with Crippen molar-refractivity contribution < 1.29 is 19.0 Å². The van der Waals surface area contributed by atoms with E-state index in [-0.39, 0.29) is 5.91 Å². The zero-order chi connectivity index (χ0) is 23.8. The normalized spacial score (nSPS) is 11.1. The summed E-state index contributed by atoms with van der Waals surface area (Å²) in [4.78, 5) is 23.0. The summed E-state index contributed by atoms with van der Waals surface area (Å²) in [6, 6.07) is 11.7. The molecule has 0 N–H and O–H groups in total. The minimum atomic E-state index is 0.0733. The van der Waals surface area contributed by atoms with E-state index in [0.29, 0.717) is 23.8 Å². The number of thiazole rings is 1. The third-order valence-corrected chi connectivity index (χ3v) is 7.26. The smallest absolute Gasteiger partial charge is 0.228 e. The molecular weight excluding hydrogens is 458 g/mol. The standard InChI is InChI=1S/C24H31N3O4S2/c1-26(2)14-15-27(21(28)7-6-16-32-18-10-8-17(29-3)9-11-18)24-25-22-19(30-4)12-13-20(31-5)23(22)33-24/h8-13H,6-7,14-16H2,1-5H3. The Morgan fingerprint density at radius 3 is 2.30 bits per heavy atom. The molecule has 33 heavy (non-hydrogen) atoms. The van der Waals surface area contributed by atoms with Crippen LogP contribution in [0.4, 0.5) is 5.13 Å². The molecule has 0 bridgehead atoms. The fraction of sp³-hybridized carbons (Fsp3) is 0.417. The zero-order valence-electron chi connectivity index (χ0n) is 19.8. The van der Waals surface area contributed by atoms with E-state index >= 15 is 0 Å². The van der Waals surface area contributed by atoms with Crippen molar-refractivity contribution in [2.24, 2.45) is 0 Å². The Bertz CT molecular complexity index is 1010. The van der Waals surface area contributed by atoms with E-state index in [1.165, 1.54) is 11.3 Å². The predicted octanol–water partition coefficient (Wildman–Crippen LogP) is 4.79. The largest absolute Gasteiger partial charge is 0.497 e. The van der Waals surface area contributed by atoms with Crippen LogP contribution < -0.4 is 19.1 Å². The molecule has 0 saturated carbocycles. The van der Waals surface area contributed by atoms with Crippen LogP contribution in [-0.4, -0.2) is 70.1 Å². The van der Waals surface area contributed by atoms with E-state index in [1.54, 1.807) is 38.0 Å². The van der Waals surface area contributed by atoms with Crippen molar-refractivity contribution >= 4 is 44.4 Å². The Labute approximate surface area is 203 Å². The van der Waals surface area contributed by atoms with Gasteiger partial charge >= 0.3 is 0 Å². The van der Waals surface area contributed by atoms with Crippen molar-refractivity contribution in [3.63, 3.8) is 0 Å².